The molecule has 8 heteroatoms. The van der Waals surface area contributed by atoms with Crippen LogP contribution < -0.4 is 15.5 Å². The molecule has 3 rings (SSSR count). The lowest BCUT2D eigenvalue weighted by Gasteiger charge is -2.31. The number of nitrogens with one attached hydrogen (secondary N) is 2. The van der Waals surface area contributed by atoms with Crippen molar-refractivity contribution in [3.63, 3.8) is 0 Å². The first kappa shape index (κ1) is 22.7. The van der Waals surface area contributed by atoms with Crippen molar-refractivity contribution >= 4 is 46.2 Å². The molecule has 7 nitrogen and oxygen atoms in total. The van der Waals surface area contributed by atoms with Crippen molar-refractivity contribution in [2.24, 2.45) is 5.92 Å². The maximum atomic E-state index is 12.5. The summed E-state index contributed by atoms with van der Waals surface area (Å²) < 4.78 is 0. The lowest BCUT2D eigenvalue weighted by atomic mass is 9.99. The first-order valence-corrected chi connectivity index (χ1v) is 11.2. The van der Waals surface area contributed by atoms with Crippen LogP contribution in [0.4, 0.5) is 11.4 Å². The van der Waals surface area contributed by atoms with Gasteiger partial charge in [-0.25, -0.2) is 0 Å². The van der Waals surface area contributed by atoms with Gasteiger partial charge in [-0.1, -0.05) is 19.9 Å². The molecule has 31 heavy (non-hydrogen) atoms. The zero-order valence-electron chi connectivity index (χ0n) is 18.0. The maximum Gasteiger partial charge on any atom is 0.313 e. The minimum absolute atomic E-state index is 0.0124. The number of aryl methyl sites for hydroxylation is 1. The number of anilines is 2. The molecule has 0 saturated carbocycles. The standard InChI is InChI=1S/C23H27N3O4S/c1-14(2)23(30)26-12-4-5-16-6-7-17(13-19(16)26)25-22(29)21(28)24-11-10-18-8-9-20(31-18)15(3)27/h6-9,13-14H,4-5,10-12H2,1-3H3,(H,24,28)(H,25,29). The largest absolute Gasteiger partial charge is 0.347 e. The Morgan fingerprint density at radius 2 is 1.87 bits per heavy atom. The zero-order chi connectivity index (χ0) is 22.5. The number of carbonyl (C=O) groups is 4. The van der Waals surface area contributed by atoms with Crippen molar-refractivity contribution in [1.82, 2.24) is 5.32 Å². The van der Waals surface area contributed by atoms with E-state index >= 15 is 0 Å². The number of benzene rings is 1. The van der Waals surface area contributed by atoms with Crippen LogP contribution in [0.1, 0.15) is 47.3 Å². The van der Waals surface area contributed by atoms with Gasteiger partial charge in [-0.15, -0.1) is 11.3 Å². The Kier molecular flexibility index (Phi) is 7.22. The van der Waals surface area contributed by atoms with E-state index in [9.17, 15) is 19.2 Å². The Hall–Kier alpha value is -3.00. The van der Waals surface area contributed by atoms with Gasteiger partial charge in [0.15, 0.2) is 5.78 Å². The van der Waals surface area contributed by atoms with Crippen molar-refractivity contribution < 1.29 is 19.2 Å². The number of hydrogen-bond donors (Lipinski definition) is 2. The van der Waals surface area contributed by atoms with Crippen LogP contribution in [0.3, 0.4) is 0 Å². The summed E-state index contributed by atoms with van der Waals surface area (Å²) in [5.41, 5.74) is 2.33. The van der Waals surface area contributed by atoms with Gasteiger partial charge in [-0.3, -0.25) is 19.2 Å². The van der Waals surface area contributed by atoms with Crippen LogP contribution in [0.2, 0.25) is 0 Å². The molecule has 1 aromatic heterocycles. The molecule has 0 bridgehead atoms. The van der Waals surface area contributed by atoms with Gasteiger partial charge in [0, 0.05) is 35.3 Å². The normalized spacial score (nSPS) is 13.0. The predicted molar refractivity (Wildman–Crippen MR) is 122 cm³/mol. The van der Waals surface area contributed by atoms with Gasteiger partial charge >= 0.3 is 11.8 Å². The van der Waals surface area contributed by atoms with Gasteiger partial charge < -0.3 is 15.5 Å². The van der Waals surface area contributed by atoms with Gasteiger partial charge in [0.1, 0.15) is 0 Å². The molecule has 3 amide bonds. The van der Waals surface area contributed by atoms with Crippen LogP contribution in [0.15, 0.2) is 30.3 Å². The summed E-state index contributed by atoms with van der Waals surface area (Å²) in [4.78, 5) is 51.7. The molecule has 0 saturated heterocycles. The highest BCUT2D eigenvalue weighted by Gasteiger charge is 2.25. The third-order valence-electron chi connectivity index (χ3n) is 5.09. The number of nitrogens with zero attached hydrogens (tertiary/aromatic N) is 1. The summed E-state index contributed by atoms with van der Waals surface area (Å²) in [6.07, 6.45) is 2.32. The van der Waals surface area contributed by atoms with Crippen LogP contribution in [0.5, 0.6) is 0 Å². The fourth-order valence-corrected chi connectivity index (χ4v) is 4.36. The molecule has 0 fully saturated rings. The molecule has 1 aliphatic heterocycles. The molecule has 164 valence electrons. The smallest absolute Gasteiger partial charge is 0.313 e. The molecule has 2 heterocycles. The van der Waals surface area contributed by atoms with Gasteiger partial charge in [0.2, 0.25) is 5.91 Å². The minimum atomic E-state index is -0.756. The lowest BCUT2D eigenvalue weighted by molar-refractivity contribution is -0.136. The number of amides is 3. The highest BCUT2D eigenvalue weighted by molar-refractivity contribution is 7.14. The highest BCUT2D eigenvalue weighted by atomic mass is 32.1. The first-order valence-electron chi connectivity index (χ1n) is 10.4. The molecule has 0 unspecified atom stereocenters. The van der Waals surface area contributed by atoms with E-state index in [1.165, 1.54) is 18.3 Å². The molecule has 0 aliphatic carbocycles. The van der Waals surface area contributed by atoms with Gasteiger partial charge in [-0.2, -0.15) is 0 Å². The summed E-state index contributed by atoms with van der Waals surface area (Å²) >= 11 is 1.39. The summed E-state index contributed by atoms with van der Waals surface area (Å²) in [7, 11) is 0. The summed E-state index contributed by atoms with van der Waals surface area (Å²) in [5, 5.41) is 5.22. The maximum absolute atomic E-state index is 12.5. The van der Waals surface area contributed by atoms with Gasteiger partial charge in [0.05, 0.1) is 4.88 Å². The van der Waals surface area contributed by atoms with Crippen LogP contribution in [0, 0.1) is 5.92 Å². The number of fused-ring (bicyclic) bond motifs is 1. The average molecular weight is 442 g/mol. The fraction of sp³-hybridized carbons (Fsp3) is 0.391. The van der Waals surface area contributed by atoms with Crippen LogP contribution in [0.25, 0.3) is 0 Å². The fourth-order valence-electron chi connectivity index (χ4n) is 3.46. The quantitative estimate of drug-likeness (QED) is 0.532. The van der Waals surface area contributed by atoms with E-state index in [0.717, 1.165) is 29.0 Å². The summed E-state index contributed by atoms with van der Waals surface area (Å²) in [5.74, 6) is -1.55. The highest BCUT2D eigenvalue weighted by Crippen LogP contribution is 2.31. The number of thiophene rings is 1. The molecule has 0 atom stereocenters. The Bertz CT molecular complexity index is 1010. The van der Waals surface area contributed by atoms with Crippen molar-refractivity contribution in [3.05, 3.63) is 45.6 Å². The van der Waals surface area contributed by atoms with Crippen LogP contribution >= 0.6 is 11.3 Å². The second kappa shape index (κ2) is 9.87. The van der Waals surface area contributed by atoms with Crippen molar-refractivity contribution in [1.29, 1.82) is 0 Å². The number of ketones is 1. The third kappa shape index (κ3) is 5.58. The van der Waals surface area contributed by atoms with Crippen LogP contribution in [-0.2, 0) is 27.2 Å². The zero-order valence-corrected chi connectivity index (χ0v) is 18.8. The Balaban J connectivity index is 1.58. The SMILES string of the molecule is CC(=O)c1ccc(CCNC(=O)C(=O)Nc2ccc3c(c2)N(C(=O)C(C)C)CCC3)s1. The van der Waals surface area contributed by atoms with Crippen molar-refractivity contribution in [2.45, 2.75) is 40.0 Å². The van der Waals surface area contributed by atoms with Gasteiger partial charge in [0.25, 0.3) is 0 Å². The van der Waals surface area contributed by atoms with Crippen molar-refractivity contribution in [2.75, 3.05) is 23.3 Å². The van der Waals surface area contributed by atoms with E-state index in [1.807, 2.05) is 26.0 Å². The number of carbonyl (C=O) groups excluding carboxylic acids is 4. The van der Waals surface area contributed by atoms with Crippen molar-refractivity contribution in [3.8, 4) is 0 Å². The Labute approximate surface area is 185 Å². The number of rotatable bonds is 6. The predicted octanol–water partition coefficient (Wildman–Crippen LogP) is 3.18. The average Bonchev–Trinajstić information content (AvgIpc) is 3.22. The second-order valence-electron chi connectivity index (χ2n) is 7.87. The number of hydrogen-bond acceptors (Lipinski definition) is 5. The lowest BCUT2D eigenvalue weighted by Crippen LogP contribution is -2.38. The van der Waals surface area contributed by atoms with E-state index in [1.54, 1.807) is 23.1 Å². The minimum Gasteiger partial charge on any atom is -0.347 e. The van der Waals surface area contributed by atoms with Crippen LogP contribution in [-0.4, -0.2) is 36.6 Å². The number of Topliss-reactive ketones (excluding diaryl/α,β-unsaturated/α-hetero) is 1. The Morgan fingerprint density at radius 3 is 2.55 bits per heavy atom. The van der Waals surface area contributed by atoms with E-state index in [0.29, 0.717) is 30.1 Å². The van der Waals surface area contributed by atoms with E-state index < -0.39 is 11.8 Å². The molecule has 2 aromatic rings. The van der Waals surface area contributed by atoms with E-state index in [2.05, 4.69) is 10.6 Å². The first-order chi connectivity index (χ1) is 14.8. The van der Waals surface area contributed by atoms with Gasteiger partial charge in [-0.05, 0) is 56.0 Å². The molecule has 1 aliphatic rings. The van der Waals surface area contributed by atoms with E-state index in [4.69, 9.17) is 0 Å². The monoisotopic (exact) mass is 441 g/mol. The van der Waals surface area contributed by atoms with E-state index in [-0.39, 0.29) is 17.6 Å². The Morgan fingerprint density at radius 1 is 1.10 bits per heavy atom. The molecule has 0 spiro atoms. The molecule has 2 N–H and O–H groups in total. The summed E-state index contributed by atoms with van der Waals surface area (Å²) in [6, 6.07) is 9.02. The molecule has 1 aromatic carbocycles. The third-order valence-corrected chi connectivity index (χ3v) is 6.34. The molecular weight excluding hydrogens is 414 g/mol. The molecular formula is C23H27N3O4S. The summed E-state index contributed by atoms with van der Waals surface area (Å²) in [6.45, 7) is 6.19. The topological polar surface area (TPSA) is 95.6 Å². The molecule has 0 radical (unpaired) electrons. The second-order valence-corrected chi connectivity index (χ2v) is 9.04.